The number of para-hydroxylation sites is 1. The molecular weight excluding hydrogens is 392 g/mol. The normalized spacial score (nSPS) is 10.8. The van der Waals surface area contributed by atoms with Gasteiger partial charge in [0.2, 0.25) is 11.7 Å². The molecule has 4 aromatic rings. The van der Waals surface area contributed by atoms with Gasteiger partial charge in [-0.1, -0.05) is 65.7 Å². The molecule has 1 aromatic heterocycles. The third kappa shape index (κ3) is 3.59. The first-order valence-electron chi connectivity index (χ1n) is 9.73. The van der Waals surface area contributed by atoms with Crippen LogP contribution in [-0.4, -0.2) is 26.2 Å². The van der Waals surface area contributed by atoms with Gasteiger partial charge in [0.25, 0.3) is 11.5 Å². The van der Waals surface area contributed by atoms with Crippen LogP contribution in [0.5, 0.6) is 5.88 Å². The molecule has 6 heteroatoms. The minimum Gasteiger partial charge on any atom is -0.493 e. The highest BCUT2D eigenvalue weighted by molar-refractivity contribution is 6.11. The molecule has 0 amide bonds. The Balaban J connectivity index is 1.95. The van der Waals surface area contributed by atoms with Gasteiger partial charge in [0.05, 0.1) is 5.69 Å². The predicted molar refractivity (Wildman–Crippen MR) is 117 cm³/mol. The standard InChI is InChI=1S/C25H20N2O4/c1-16-8-12-18(13-9-16)22(28)21-24(30)26(20-6-4-3-5-7-20)27(25(21)31)23(29)19-14-10-17(2)11-15-19/h3-15,31H,1-2H3. The van der Waals surface area contributed by atoms with Gasteiger partial charge in [0, 0.05) is 11.1 Å². The lowest BCUT2D eigenvalue weighted by atomic mass is 10.0. The van der Waals surface area contributed by atoms with Gasteiger partial charge in [-0.2, -0.15) is 4.68 Å². The first-order valence-corrected chi connectivity index (χ1v) is 9.73. The number of nitrogens with zero attached hydrogens (tertiary/aromatic N) is 2. The molecule has 0 atom stereocenters. The summed E-state index contributed by atoms with van der Waals surface area (Å²) < 4.78 is 1.88. The second-order valence-electron chi connectivity index (χ2n) is 7.33. The largest absolute Gasteiger partial charge is 0.493 e. The van der Waals surface area contributed by atoms with Crippen LogP contribution in [0.25, 0.3) is 5.69 Å². The zero-order valence-electron chi connectivity index (χ0n) is 17.1. The maximum absolute atomic E-state index is 13.3. The summed E-state index contributed by atoms with van der Waals surface area (Å²) in [5.74, 6) is -1.96. The zero-order chi connectivity index (χ0) is 22.1. The van der Waals surface area contributed by atoms with Crippen LogP contribution >= 0.6 is 0 Å². The SMILES string of the molecule is Cc1ccc(C(=O)c2c(O)n(C(=O)c3ccc(C)cc3)n(-c3ccccc3)c2=O)cc1. The molecule has 6 nitrogen and oxygen atoms in total. The van der Waals surface area contributed by atoms with Crippen LogP contribution in [0.2, 0.25) is 0 Å². The highest BCUT2D eigenvalue weighted by Crippen LogP contribution is 2.23. The maximum atomic E-state index is 13.3. The van der Waals surface area contributed by atoms with Gasteiger partial charge < -0.3 is 5.11 Å². The molecular formula is C25H20N2O4. The van der Waals surface area contributed by atoms with Crippen molar-refractivity contribution in [2.45, 2.75) is 13.8 Å². The van der Waals surface area contributed by atoms with Gasteiger partial charge in [0.1, 0.15) is 0 Å². The molecule has 0 aliphatic carbocycles. The van der Waals surface area contributed by atoms with E-state index in [1.54, 1.807) is 78.9 Å². The fourth-order valence-corrected chi connectivity index (χ4v) is 3.35. The molecule has 154 valence electrons. The van der Waals surface area contributed by atoms with Crippen molar-refractivity contribution in [2.24, 2.45) is 0 Å². The van der Waals surface area contributed by atoms with Crippen LogP contribution in [0.15, 0.2) is 83.7 Å². The molecule has 4 rings (SSSR count). The highest BCUT2D eigenvalue weighted by atomic mass is 16.3. The van der Waals surface area contributed by atoms with E-state index in [0.29, 0.717) is 5.69 Å². The van der Waals surface area contributed by atoms with Crippen LogP contribution in [0, 0.1) is 13.8 Å². The van der Waals surface area contributed by atoms with Crippen molar-refractivity contribution in [1.82, 2.24) is 9.36 Å². The fourth-order valence-electron chi connectivity index (χ4n) is 3.35. The number of benzene rings is 3. The van der Waals surface area contributed by atoms with E-state index in [9.17, 15) is 19.5 Å². The first-order chi connectivity index (χ1) is 14.9. The van der Waals surface area contributed by atoms with Crippen LogP contribution < -0.4 is 5.56 Å². The van der Waals surface area contributed by atoms with Gasteiger partial charge >= 0.3 is 0 Å². The molecule has 0 aliphatic rings. The second kappa shape index (κ2) is 7.91. The maximum Gasteiger partial charge on any atom is 0.287 e. The van der Waals surface area contributed by atoms with Gasteiger partial charge in [0.15, 0.2) is 5.56 Å². The molecule has 0 saturated heterocycles. The Hall–Kier alpha value is -4.19. The summed E-state index contributed by atoms with van der Waals surface area (Å²) in [7, 11) is 0. The first kappa shape index (κ1) is 20.1. The Morgan fingerprint density at radius 3 is 1.81 bits per heavy atom. The van der Waals surface area contributed by atoms with E-state index in [1.807, 2.05) is 13.8 Å². The van der Waals surface area contributed by atoms with Crippen molar-refractivity contribution in [2.75, 3.05) is 0 Å². The van der Waals surface area contributed by atoms with Gasteiger partial charge in [-0.25, -0.2) is 4.68 Å². The summed E-state index contributed by atoms with van der Waals surface area (Å²) >= 11 is 0. The van der Waals surface area contributed by atoms with Crippen molar-refractivity contribution in [3.05, 3.63) is 117 Å². The number of aromatic hydroxyl groups is 1. The third-order valence-corrected chi connectivity index (χ3v) is 5.06. The van der Waals surface area contributed by atoms with Crippen molar-refractivity contribution in [3.63, 3.8) is 0 Å². The Morgan fingerprint density at radius 2 is 1.26 bits per heavy atom. The molecule has 3 aromatic carbocycles. The Morgan fingerprint density at radius 1 is 0.742 bits per heavy atom. The van der Waals surface area contributed by atoms with Crippen molar-refractivity contribution in [3.8, 4) is 11.6 Å². The molecule has 0 aliphatic heterocycles. The Bertz CT molecular complexity index is 1330. The number of aryl methyl sites for hydroxylation is 2. The number of hydrogen-bond acceptors (Lipinski definition) is 4. The number of carbonyl (C=O) groups is 2. The van der Waals surface area contributed by atoms with Gasteiger partial charge in [-0.05, 0) is 38.1 Å². The van der Waals surface area contributed by atoms with E-state index in [2.05, 4.69) is 0 Å². The number of hydrogen-bond donors (Lipinski definition) is 1. The molecule has 0 unspecified atom stereocenters. The Labute approximate surface area is 178 Å². The molecule has 0 spiro atoms. The van der Waals surface area contributed by atoms with E-state index in [-0.39, 0.29) is 11.1 Å². The average Bonchev–Trinajstić information content (AvgIpc) is 3.04. The molecule has 1 heterocycles. The highest BCUT2D eigenvalue weighted by Gasteiger charge is 2.30. The zero-order valence-corrected chi connectivity index (χ0v) is 17.1. The van der Waals surface area contributed by atoms with Gasteiger partial charge in [-0.15, -0.1) is 0 Å². The minimum atomic E-state index is -0.769. The topological polar surface area (TPSA) is 81.3 Å². The van der Waals surface area contributed by atoms with Crippen LogP contribution in [-0.2, 0) is 0 Å². The minimum absolute atomic E-state index is 0.248. The van der Waals surface area contributed by atoms with E-state index >= 15 is 0 Å². The Kier molecular flexibility index (Phi) is 5.13. The number of ketones is 1. The van der Waals surface area contributed by atoms with Crippen molar-refractivity contribution < 1.29 is 14.7 Å². The van der Waals surface area contributed by atoms with Crippen LogP contribution in [0.1, 0.15) is 37.4 Å². The van der Waals surface area contributed by atoms with Crippen LogP contribution in [0.4, 0.5) is 0 Å². The molecule has 0 radical (unpaired) electrons. The van der Waals surface area contributed by atoms with Gasteiger partial charge in [-0.3, -0.25) is 14.4 Å². The number of carbonyl (C=O) groups excluding carboxylic acids is 2. The summed E-state index contributed by atoms with van der Waals surface area (Å²) in [6.45, 7) is 3.77. The quantitative estimate of drug-likeness (QED) is 0.516. The fraction of sp³-hybridized carbons (Fsp3) is 0.0800. The molecule has 31 heavy (non-hydrogen) atoms. The molecule has 0 saturated carbocycles. The lowest BCUT2D eigenvalue weighted by Gasteiger charge is -2.11. The third-order valence-electron chi connectivity index (χ3n) is 5.06. The lowest BCUT2D eigenvalue weighted by molar-refractivity contribution is 0.0924. The predicted octanol–water partition coefficient (Wildman–Crippen LogP) is 3.88. The van der Waals surface area contributed by atoms with E-state index in [1.165, 1.54) is 0 Å². The van der Waals surface area contributed by atoms with Crippen molar-refractivity contribution in [1.29, 1.82) is 0 Å². The van der Waals surface area contributed by atoms with E-state index < -0.39 is 28.7 Å². The van der Waals surface area contributed by atoms with Crippen LogP contribution in [0.3, 0.4) is 0 Å². The van der Waals surface area contributed by atoms with E-state index in [4.69, 9.17) is 0 Å². The number of aromatic nitrogens is 2. The number of rotatable bonds is 4. The summed E-state index contributed by atoms with van der Waals surface area (Å²) in [5.41, 5.74) is 1.57. The average molecular weight is 412 g/mol. The molecule has 0 fully saturated rings. The monoisotopic (exact) mass is 412 g/mol. The molecule has 1 N–H and O–H groups in total. The second-order valence-corrected chi connectivity index (χ2v) is 7.33. The summed E-state index contributed by atoms with van der Waals surface area (Å²) in [6.07, 6.45) is 0. The summed E-state index contributed by atoms with van der Waals surface area (Å²) in [6, 6.07) is 21.8. The summed E-state index contributed by atoms with van der Waals surface area (Å²) in [5, 5.41) is 10.9. The summed E-state index contributed by atoms with van der Waals surface area (Å²) in [4.78, 5) is 39.7. The smallest absolute Gasteiger partial charge is 0.287 e. The van der Waals surface area contributed by atoms with E-state index in [0.717, 1.165) is 20.5 Å². The lowest BCUT2D eigenvalue weighted by Crippen LogP contribution is -2.27. The van der Waals surface area contributed by atoms with Crippen molar-refractivity contribution >= 4 is 11.7 Å². The molecule has 0 bridgehead atoms.